The Labute approximate surface area is 104 Å². The smallest absolute Gasteiger partial charge is 0.354 e. The predicted octanol–water partition coefficient (Wildman–Crippen LogP) is 0.481. The third-order valence-corrected chi connectivity index (χ3v) is 3.10. The summed E-state index contributed by atoms with van der Waals surface area (Å²) in [6.45, 7) is 1.27. The molecule has 3 N–H and O–H groups in total. The summed E-state index contributed by atoms with van der Waals surface area (Å²) in [7, 11) is 0. The van der Waals surface area contributed by atoms with Gasteiger partial charge in [0.2, 0.25) is 5.91 Å². The van der Waals surface area contributed by atoms with E-state index in [-0.39, 0.29) is 17.5 Å². The number of carboxylic acid groups (broad SMARTS) is 1. The van der Waals surface area contributed by atoms with E-state index in [0.29, 0.717) is 12.4 Å². The van der Waals surface area contributed by atoms with E-state index in [4.69, 9.17) is 10.8 Å². The van der Waals surface area contributed by atoms with Gasteiger partial charge in [0.15, 0.2) is 5.69 Å². The van der Waals surface area contributed by atoms with Crippen LogP contribution in [0.5, 0.6) is 0 Å². The highest BCUT2D eigenvalue weighted by Crippen LogP contribution is 2.21. The largest absolute Gasteiger partial charge is 0.477 e. The monoisotopic (exact) mass is 249 g/mol. The number of hydrogen-bond donors (Lipinski definition) is 2. The number of carbonyl (C=O) groups is 2. The number of carbonyl (C=O) groups excluding carboxylic acids is 1. The van der Waals surface area contributed by atoms with Crippen molar-refractivity contribution in [3.8, 4) is 0 Å². The summed E-state index contributed by atoms with van der Waals surface area (Å²) < 4.78 is 0. The molecule has 1 aliphatic rings. The van der Waals surface area contributed by atoms with Gasteiger partial charge < -0.3 is 15.7 Å². The molecule has 1 aromatic heterocycles. The molecule has 0 aliphatic carbocycles. The number of amides is 1. The van der Waals surface area contributed by atoms with Gasteiger partial charge in [-0.25, -0.2) is 9.78 Å². The summed E-state index contributed by atoms with van der Waals surface area (Å²) in [5.41, 5.74) is 5.31. The van der Waals surface area contributed by atoms with Crippen LogP contribution in [0.25, 0.3) is 0 Å². The van der Waals surface area contributed by atoms with Gasteiger partial charge in [0.25, 0.3) is 0 Å². The molecule has 6 heteroatoms. The lowest BCUT2D eigenvalue weighted by atomic mass is 9.97. The number of piperidine rings is 1. The zero-order valence-electron chi connectivity index (χ0n) is 9.87. The lowest BCUT2D eigenvalue weighted by Gasteiger charge is -2.32. The minimum absolute atomic E-state index is 0.00805. The molecule has 1 aliphatic heterocycles. The van der Waals surface area contributed by atoms with E-state index in [0.717, 1.165) is 19.4 Å². The van der Waals surface area contributed by atoms with Crippen LogP contribution in [0.4, 0.5) is 5.82 Å². The van der Waals surface area contributed by atoms with Crippen molar-refractivity contribution in [1.29, 1.82) is 0 Å². The molecule has 1 saturated heterocycles. The normalized spacial score (nSPS) is 19.6. The first-order chi connectivity index (χ1) is 8.58. The average Bonchev–Trinajstić information content (AvgIpc) is 2.39. The van der Waals surface area contributed by atoms with Crippen LogP contribution in [0.3, 0.4) is 0 Å². The van der Waals surface area contributed by atoms with Crippen molar-refractivity contribution >= 4 is 17.7 Å². The highest BCUT2D eigenvalue weighted by Gasteiger charge is 2.25. The van der Waals surface area contributed by atoms with Crippen LogP contribution < -0.4 is 10.6 Å². The minimum Gasteiger partial charge on any atom is -0.477 e. The number of nitrogens with two attached hydrogens (primary N) is 1. The Balaban J connectivity index is 2.18. The van der Waals surface area contributed by atoms with Crippen LogP contribution in [0.15, 0.2) is 18.2 Å². The number of pyridine rings is 1. The van der Waals surface area contributed by atoms with Crippen LogP contribution in [-0.2, 0) is 4.79 Å². The van der Waals surface area contributed by atoms with E-state index in [1.165, 1.54) is 6.07 Å². The van der Waals surface area contributed by atoms with Crippen LogP contribution in [-0.4, -0.2) is 35.1 Å². The number of aromatic nitrogens is 1. The Hall–Kier alpha value is -2.11. The van der Waals surface area contributed by atoms with Gasteiger partial charge in [0, 0.05) is 13.1 Å². The molecular formula is C12H15N3O3. The molecule has 0 saturated carbocycles. The molecule has 0 bridgehead atoms. The highest BCUT2D eigenvalue weighted by molar-refractivity contribution is 5.85. The first-order valence-corrected chi connectivity index (χ1v) is 5.82. The molecule has 1 atom stereocenters. The number of primary amides is 1. The molecule has 1 unspecified atom stereocenters. The molecular weight excluding hydrogens is 234 g/mol. The quantitative estimate of drug-likeness (QED) is 0.812. The number of aromatic carboxylic acids is 1. The van der Waals surface area contributed by atoms with Gasteiger partial charge in [-0.05, 0) is 25.0 Å². The van der Waals surface area contributed by atoms with Crippen molar-refractivity contribution in [2.75, 3.05) is 18.0 Å². The number of carboxylic acids is 1. The predicted molar refractivity (Wildman–Crippen MR) is 65.3 cm³/mol. The molecule has 0 radical (unpaired) electrons. The van der Waals surface area contributed by atoms with E-state index < -0.39 is 5.97 Å². The summed E-state index contributed by atoms with van der Waals surface area (Å²) in [4.78, 5) is 28.0. The van der Waals surface area contributed by atoms with Crippen LogP contribution >= 0.6 is 0 Å². The van der Waals surface area contributed by atoms with Crippen LogP contribution in [0, 0.1) is 5.92 Å². The molecule has 18 heavy (non-hydrogen) atoms. The van der Waals surface area contributed by atoms with E-state index in [9.17, 15) is 9.59 Å². The number of anilines is 1. The van der Waals surface area contributed by atoms with Gasteiger partial charge in [-0.2, -0.15) is 0 Å². The van der Waals surface area contributed by atoms with Crippen LogP contribution in [0.2, 0.25) is 0 Å². The second-order valence-electron chi connectivity index (χ2n) is 4.37. The van der Waals surface area contributed by atoms with Crippen molar-refractivity contribution in [1.82, 2.24) is 4.98 Å². The summed E-state index contributed by atoms with van der Waals surface area (Å²) >= 11 is 0. The second kappa shape index (κ2) is 5.03. The second-order valence-corrected chi connectivity index (χ2v) is 4.37. The maximum absolute atomic E-state index is 11.2. The summed E-state index contributed by atoms with van der Waals surface area (Å²) in [6, 6.07) is 4.84. The van der Waals surface area contributed by atoms with Crippen molar-refractivity contribution in [3.63, 3.8) is 0 Å². The fourth-order valence-corrected chi connectivity index (χ4v) is 2.14. The van der Waals surface area contributed by atoms with Crippen molar-refractivity contribution in [3.05, 3.63) is 23.9 Å². The van der Waals surface area contributed by atoms with E-state index in [1.807, 2.05) is 4.90 Å². The third kappa shape index (κ3) is 2.58. The summed E-state index contributed by atoms with van der Waals surface area (Å²) in [5.74, 6) is -0.968. The molecule has 96 valence electrons. The van der Waals surface area contributed by atoms with E-state index in [1.54, 1.807) is 12.1 Å². The Kier molecular flexibility index (Phi) is 3.45. The Morgan fingerprint density at radius 2 is 2.22 bits per heavy atom. The van der Waals surface area contributed by atoms with Gasteiger partial charge >= 0.3 is 5.97 Å². The zero-order chi connectivity index (χ0) is 13.1. The van der Waals surface area contributed by atoms with Gasteiger partial charge in [0.1, 0.15) is 5.82 Å². The summed E-state index contributed by atoms with van der Waals surface area (Å²) in [5, 5.41) is 8.89. The van der Waals surface area contributed by atoms with Gasteiger partial charge in [-0.15, -0.1) is 0 Å². The van der Waals surface area contributed by atoms with Crippen molar-refractivity contribution in [2.45, 2.75) is 12.8 Å². The number of rotatable bonds is 3. The molecule has 6 nitrogen and oxygen atoms in total. The lowest BCUT2D eigenvalue weighted by Crippen LogP contribution is -2.41. The lowest BCUT2D eigenvalue weighted by molar-refractivity contribution is -0.122. The molecule has 2 rings (SSSR count). The third-order valence-electron chi connectivity index (χ3n) is 3.10. The molecule has 2 heterocycles. The highest BCUT2D eigenvalue weighted by atomic mass is 16.4. The fourth-order valence-electron chi connectivity index (χ4n) is 2.14. The standard InChI is InChI=1S/C12H15N3O3/c13-11(16)8-3-2-6-15(7-8)10-5-1-4-9(14-10)12(17)18/h1,4-5,8H,2-3,6-7H2,(H2,13,16)(H,17,18). The van der Waals surface area contributed by atoms with Crippen molar-refractivity contribution < 1.29 is 14.7 Å². The van der Waals surface area contributed by atoms with Gasteiger partial charge in [-0.3, -0.25) is 4.79 Å². The minimum atomic E-state index is -1.06. The number of nitrogens with zero attached hydrogens (tertiary/aromatic N) is 2. The topological polar surface area (TPSA) is 96.5 Å². The van der Waals surface area contributed by atoms with Crippen molar-refractivity contribution in [2.24, 2.45) is 11.7 Å². The summed E-state index contributed by atoms with van der Waals surface area (Å²) in [6.07, 6.45) is 1.64. The first kappa shape index (κ1) is 12.3. The van der Waals surface area contributed by atoms with E-state index >= 15 is 0 Å². The molecule has 1 amide bonds. The molecule has 0 aromatic carbocycles. The van der Waals surface area contributed by atoms with Gasteiger partial charge in [-0.1, -0.05) is 6.07 Å². The number of hydrogen-bond acceptors (Lipinski definition) is 4. The maximum atomic E-state index is 11.2. The first-order valence-electron chi connectivity index (χ1n) is 5.82. The van der Waals surface area contributed by atoms with Crippen LogP contribution in [0.1, 0.15) is 23.3 Å². The SMILES string of the molecule is NC(=O)C1CCCN(c2cccc(C(=O)O)n2)C1. The average molecular weight is 249 g/mol. The molecule has 1 fully saturated rings. The zero-order valence-corrected chi connectivity index (χ0v) is 9.87. The Morgan fingerprint density at radius 1 is 1.44 bits per heavy atom. The fraction of sp³-hybridized carbons (Fsp3) is 0.417. The molecule has 0 spiro atoms. The van der Waals surface area contributed by atoms with E-state index in [2.05, 4.69) is 4.98 Å². The maximum Gasteiger partial charge on any atom is 0.354 e. The Morgan fingerprint density at radius 3 is 2.89 bits per heavy atom. The molecule has 1 aromatic rings. The Bertz CT molecular complexity index is 475. The van der Waals surface area contributed by atoms with Gasteiger partial charge in [0.05, 0.1) is 5.92 Å².